The van der Waals surface area contributed by atoms with Gasteiger partial charge in [0.1, 0.15) is 5.75 Å². The van der Waals surface area contributed by atoms with Crippen LogP contribution in [0.25, 0.3) is 17.1 Å². The highest BCUT2D eigenvalue weighted by atomic mass is 16.5. The van der Waals surface area contributed by atoms with E-state index in [9.17, 15) is 14.4 Å². The minimum atomic E-state index is -0.737. The molecule has 0 saturated heterocycles. The predicted octanol–water partition coefficient (Wildman–Crippen LogP) is 2.76. The summed E-state index contributed by atoms with van der Waals surface area (Å²) in [6, 6.07) is 20.6. The fraction of sp³-hybridized carbons (Fsp3) is 0.125. The van der Waals surface area contributed by atoms with Crippen molar-refractivity contribution in [2.75, 3.05) is 7.11 Å². The van der Waals surface area contributed by atoms with E-state index in [0.717, 1.165) is 24.8 Å². The van der Waals surface area contributed by atoms with Crippen LogP contribution in [0.15, 0.2) is 87.2 Å². The van der Waals surface area contributed by atoms with Crippen molar-refractivity contribution in [2.45, 2.75) is 13.8 Å². The van der Waals surface area contributed by atoms with E-state index in [1.165, 1.54) is 7.11 Å². The van der Waals surface area contributed by atoms with Gasteiger partial charge in [0, 0.05) is 0 Å². The third-order valence-corrected chi connectivity index (χ3v) is 5.19. The lowest BCUT2D eigenvalue weighted by Crippen LogP contribution is -2.53. The van der Waals surface area contributed by atoms with Crippen LogP contribution in [0.3, 0.4) is 0 Å². The SMILES string of the molecule is COc1ccc(-n2c(=O)n(-c3ccccc3C)c(=O)n(-c3ccccc3C)c2=O)cc1. The summed E-state index contributed by atoms with van der Waals surface area (Å²) in [4.78, 5) is 40.4. The van der Waals surface area contributed by atoms with E-state index in [1.54, 1.807) is 48.5 Å². The molecule has 0 aliphatic heterocycles. The second kappa shape index (κ2) is 7.95. The summed E-state index contributed by atoms with van der Waals surface area (Å²) >= 11 is 0. The van der Waals surface area contributed by atoms with Crippen molar-refractivity contribution in [3.05, 3.63) is 115 Å². The van der Waals surface area contributed by atoms with Crippen molar-refractivity contribution < 1.29 is 4.74 Å². The van der Waals surface area contributed by atoms with E-state index in [-0.39, 0.29) is 0 Å². The van der Waals surface area contributed by atoms with Crippen LogP contribution in [0.4, 0.5) is 0 Å². The fourth-order valence-electron chi connectivity index (χ4n) is 3.54. The van der Waals surface area contributed by atoms with Gasteiger partial charge in [-0.1, -0.05) is 36.4 Å². The lowest BCUT2D eigenvalue weighted by molar-refractivity contribution is 0.414. The number of hydrogen-bond donors (Lipinski definition) is 0. The molecule has 0 spiro atoms. The molecule has 0 N–H and O–H groups in total. The zero-order valence-corrected chi connectivity index (χ0v) is 17.4. The molecule has 0 amide bonds. The first kappa shape index (κ1) is 20.2. The van der Waals surface area contributed by atoms with Crippen molar-refractivity contribution in [2.24, 2.45) is 0 Å². The Bertz CT molecular complexity index is 1360. The molecule has 0 atom stereocenters. The molecule has 4 aromatic rings. The van der Waals surface area contributed by atoms with Gasteiger partial charge in [0.15, 0.2) is 0 Å². The first-order chi connectivity index (χ1) is 14.9. The topological polar surface area (TPSA) is 75.2 Å². The van der Waals surface area contributed by atoms with Crippen LogP contribution >= 0.6 is 0 Å². The Hall–Kier alpha value is -4.13. The third kappa shape index (κ3) is 3.40. The van der Waals surface area contributed by atoms with Gasteiger partial charge in [-0.2, -0.15) is 0 Å². The van der Waals surface area contributed by atoms with Crippen LogP contribution in [0.5, 0.6) is 5.75 Å². The average molecular weight is 415 g/mol. The summed E-state index contributed by atoms with van der Waals surface area (Å²) in [5.74, 6) is 0.586. The summed E-state index contributed by atoms with van der Waals surface area (Å²) in [6.45, 7) is 3.62. The van der Waals surface area contributed by atoms with Gasteiger partial charge in [0.2, 0.25) is 0 Å². The molecule has 1 aromatic heterocycles. The van der Waals surface area contributed by atoms with Gasteiger partial charge < -0.3 is 4.74 Å². The number of aryl methyl sites for hydroxylation is 2. The van der Waals surface area contributed by atoms with Crippen molar-refractivity contribution in [1.82, 2.24) is 13.7 Å². The molecule has 0 bridgehead atoms. The molecule has 0 fully saturated rings. The van der Waals surface area contributed by atoms with Crippen LogP contribution in [0, 0.1) is 13.8 Å². The normalized spacial score (nSPS) is 10.8. The Kier molecular flexibility index (Phi) is 5.17. The number of ether oxygens (including phenoxy) is 1. The smallest absolute Gasteiger partial charge is 0.345 e. The van der Waals surface area contributed by atoms with Crippen molar-refractivity contribution in [3.63, 3.8) is 0 Å². The maximum absolute atomic E-state index is 13.5. The number of methoxy groups -OCH3 is 1. The van der Waals surface area contributed by atoms with Crippen LogP contribution in [0.1, 0.15) is 11.1 Å². The third-order valence-electron chi connectivity index (χ3n) is 5.19. The molecular formula is C24H21N3O4. The quantitative estimate of drug-likeness (QED) is 0.514. The van der Waals surface area contributed by atoms with Gasteiger partial charge >= 0.3 is 17.1 Å². The van der Waals surface area contributed by atoms with Gasteiger partial charge in [-0.25, -0.2) is 28.1 Å². The summed E-state index contributed by atoms with van der Waals surface area (Å²) in [5.41, 5.74) is 0.447. The Morgan fingerprint density at radius 2 is 1.00 bits per heavy atom. The van der Waals surface area contributed by atoms with E-state index in [2.05, 4.69) is 0 Å². The Balaban J connectivity index is 2.17. The standard InChI is InChI=1S/C24H21N3O4/c1-16-8-4-6-10-20(16)26-22(28)25(18-12-14-19(31-3)15-13-18)23(29)27(24(26)30)21-11-7-5-9-17(21)2/h4-15H,1-3H3. The first-order valence-corrected chi connectivity index (χ1v) is 9.71. The van der Waals surface area contributed by atoms with Crippen LogP contribution in [-0.4, -0.2) is 20.8 Å². The fourth-order valence-corrected chi connectivity index (χ4v) is 3.54. The summed E-state index contributed by atoms with van der Waals surface area (Å²) < 4.78 is 8.25. The Morgan fingerprint density at radius 1 is 0.581 bits per heavy atom. The first-order valence-electron chi connectivity index (χ1n) is 9.71. The molecule has 31 heavy (non-hydrogen) atoms. The van der Waals surface area contributed by atoms with Crippen LogP contribution < -0.4 is 21.8 Å². The minimum Gasteiger partial charge on any atom is -0.497 e. The Morgan fingerprint density at radius 3 is 1.42 bits per heavy atom. The van der Waals surface area contributed by atoms with Gasteiger partial charge in [-0.15, -0.1) is 0 Å². The molecular weight excluding hydrogens is 394 g/mol. The monoisotopic (exact) mass is 415 g/mol. The molecule has 0 aliphatic carbocycles. The van der Waals surface area contributed by atoms with Crippen molar-refractivity contribution in [1.29, 1.82) is 0 Å². The lowest BCUT2D eigenvalue weighted by atomic mass is 10.2. The van der Waals surface area contributed by atoms with Crippen LogP contribution in [-0.2, 0) is 0 Å². The van der Waals surface area contributed by atoms with E-state index < -0.39 is 17.1 Å². The molecule has 3 aromatic carbocycles. The largest absolute Gasteiger partial charge is 0.497 e. The van der Waals surface area contributed by atoms with E-state index in [4.69, 9.17) is 4.74 Å². The zero-order valence-electron chi connectivity index (χ0n) is 17.4. The number of para-hydroxylation sites is 2. The van der Waals surface area contributed by atoms with Gasteiger partial charge in [0.05, 0.1) is 24.2 Å². The van der Waals surface area contributed by atoms with Crippen LogP contribution in [0.2, 0.25) is 0 Å². The highest BCUT2D eigenvalue weighted by Crippen LogP contribution is 2.15. The summed E-state index contributed by atoms with van der Waals surface area (Å²) in [5, 5.41) is 0. The molecule has 4 rings (SSSR count). The van der Waals surface area contributed by atoms with E-state index in [1.807, 2.05) is 38.1 Å². The highest BCUT2D eigenvalue weighted by molar-refractivity contribution is 5.44. The molecule has 0 saturated carbocycles. The molecule has 7 nitrogen and oxygen atoms in total. The van der Waals surface area contributed by atoms with E-state index >= 15 is 0 Å². The zero-order chi connectivity index (χ0) is 22.1. The number of hydrogen-bond acceptors (Lipinski definition) is 4. The second-order valence-electron chi connectivity index (χ2n) is 7.12. The predicted molar refractivity (Wildman–Crippen MR) is 119 cm³/mol. The average Bonchev–Trinajstić information content (AvgIpc) is 2.77. The minimum absolute atomic E-state index is 0.334. The molecule has 0 radical (unpaired) electrons. The number of aromatic nitrogens is 3. The maximum Gasteiger partial charge on any atom is 0.345 e. The number of rotatable bonds is 4. The summed E-state index contributed by atoms with van der Waals surface area (Å²) in [6.07, 6.45) is 0. The molecule has 7 heteroatoms. The van der Waals surface area contributed by atoms with Gasteiger partial charge in [-0.05, 0) is 61.4 Å². The second-order valence-corrected chi connectivity index (χ2v) is 7.12. The van der Waals surface area contributed by atoms with Crippen molar-refractivity contribution >= 4 is 0 Å². The van der Waals surface area contributed by atoms with E-state index in [0.29, 0.717) is 22.8 Å². The molecule has 0 aliphatic rings. The van der Waals surface area contributed by atoms with Gasteiger partial charge in [0.25, 0.3) is 0 Å². The van der Waals surface area contributed by atoms with Crippen molar-refractivity contribution in [3.8, 4) is 22.8 Å². The molecule has 1 heterocycles. The maximum atomic E-state index is 13.5. The lowest BCUT2D eigenvalue weighted by Gasteiger charge is -2.16. The van der Waals surface area contributed by atoms with Gasteiger partial charge in [-0.3, -0.25) is 0 Å². The molecule has 156 valence electrons. The highest BCUT2D eigenvalue weighted by Gasteiger charge is 2.20. The Labute approximate surface area is 178 Å². The number of nitrogens with zero attached hydrogens (tertiary/aromatic N) is 3. The molecule has 0 unspecified atom stereocenters. The summed E-state index contributed by atoms with van der Waals surface area (Å²) in [7, 11) is 1.53. The number of benzene rings is 3.